The van der Waals surface area contributed by atoms with Crippen LogP contribution in [0.25, 0.3) is 10.9 Å². The summed E-state index contributed by atoms with van der Waals surface area (Å²) >= 11 is 0. The van der Waals surface area contributed by atoms with Crippen LogP contribution in [0.1, 0.15) is 34.9 Å². The Kier molecular flexibility index (Phi) is 3.50. The lowest BCUT2D eigenvalue weighted by molar-refractivity contribution is -0.188. The summed E-state index contributed by atoms with van der Waals surface area (Å²) in [5, 5.41) is 12.1. The maximum Gasteiger partial charge on any atom is 0.166 e. The molecule has 2 aliphatic heterocycles. The molecule has 1 aromatic heterocycles. The van der Waals surface area contributed by atoms with Crippen LogP contribution in [0.4, 0.5) is 0 Å². The van der Waals surface area contributed by atoms with Gasteiger partial charge in [0.05, 0.1) is 11.1 Å². The third kappa shape index (κ3) is 1.83. The molecule has 5 heteroatoms. The summed E-state index contributed by atoms with van der Waals surface area (Å²) in [6.07, 6.45) is 4.49. The van der Waals surface area contributed by atoms with Gasteiger partial charge in [-0.25, -0.2) is 0 Å². The summed E-state index contributed by atoms with van der Waals surface area (Å²) in [6.45, 7) is 5.84. The number of aromatic hydroxyl groups is 1. The van der Waals surface area contributed by atoms with E-state index in [0.717, 1.165) is 32.4 Å². The Morgan fingerprint density at radius 3 is 2.94 bits per heavy atom. The molecule has 0 amide bonds. The van der Waals surface area contributed by atoms with Gasteiger partial charge in [-0.3, -0.25) is 4.90 Å². The zero-order valence-corrected chi connectivity index (χ0v) is 18.6. The van der Waals surface area contributed by atoms with Crippen LogP contribution >= 0.6 is 0 Å². The van der Waals surface area contributed by atoms with Gasteiger partial charge in [0.15, 0.2) is 17.6 Å². The number of piperidine rings is 1. The van der Waals surface area contributed by atoms with Crippen molar-refractivity contribution in [2.75, 3.05) is 20.2 Å². The lowest BCUT2D eigenvalue weighted by Crippen LogP contribution is -2.75. The van der Waals surface area contributed by atoms with E-state index in [9.17, 15) is 5.11 Å². The van der Waals surface area contributed by atoms with E-state index >= 15 is 0 Å². The quantitative estimate of drug-likeness (QED) is 0.641. The largest absolute Gasteiger partial charge is 0.504 e. The van der Waals surface area contributed by atoms with Crippen LogP contribution in [-0.4, -0.2) is 46.4 Å². The summed E-state index contributed by atoms with van der Waals surface area (Å²) in [5.41, 5.74) is 5.51. The molecule has 2 aromatic carbocycles. The predicted octanol–water partition coefficient (Wildman–Crippen LogP) is 4.01. The van der Waals surface area contributed by atoms with Crippen molar-refractivity contribution in [2.45, 2.75) is 42.4 Å². The molecule has 4 atom stereocenters. The van der Waals surface area contributed by atoms with E-state index in [2.05, 4.69) is 53.4 Å². The average molecular weight is 429 g/mol. The third-order valence-corrected chi connectivity index (χ3v) is 8.97. The number of rotatable bonds is 3. The van der Waals surface area contributed by atoms with Crippen molar-refractivity contribution in [3.05, 3.63) is 71.4 Å². The highest BCUT2D eigenvalue weighted by atomic mass is 16.5. The minimum atomic E-state index is -0.428. The molecule has 2 aliphatic carbocycles. The fourth-order valence-electron chi connectivity index (χ4n) is 7.83. The van der Waals surface area contributed by atoms with Crippen molar-refractivity contribution >= 4 is 10.9 Å². The first-order chi connectivity index (χ1) is 15.6. The van der Waals surface area contributed by atoms with Crippen LogP contribution in [0, 0.1) is 0 Å². The summed E-state index contributed by atoms with van der Waals surface area (Å²) in [5.74, 6) is 0.910. The highest BCUT2D eigenvalue weighted by molar-refractivity contribution is 5.87. The van der Waals surface area contributed by atoms with Crippen LogP contribution in [0.15, 0.2) is 49.1 Å². The van der Waals surface area contributed by atoms with Crippen molar-refractivity contribution in [3.8, 4) is 11.5 Å². The Bertz CT molecular complexity index is 1310. The molecule has 3 heterocycles. The first-order valence-corrected chi connectivity index (χ1v) is 11.6. The number of aromatic nitrogens is 1. The molecule has 1 fully saturated rings. The zero-order valence-electron chi connectivity index (χ0n) is 18.6. The molecule has 1 spiro atoms. The molecule has 1 saturated heterocycles. The molecule has 5 nitrogen and oxygen atoms in total. The van der Waals surface area contributed by atoms with Gasteiger partial charge in [0.1, 0.15) is 5.60 Å². The molecule has 32 heavy (non-hydrogen) atoms. The summed E-state index contributed by atoms with van der Waals surface area (Å²) in [7, 11) is 4.03. The lowest BCUT2D eigenvalue weighted by atomic mass is 9.48. The number of ether oxygens (including phenoxy) is 2. The maximum atomic E-state index is 10.9. The normalized spacial score (nSPS) is 31.8. The molecule has 3 aromatic rings. The van der Waals surface area contributed by atoms with Crippen LogP contribution in [0.3, 0.4) is 0 Å². The smallest absolute Gasteiger partial charge is 0.166 e. The topological polar surface area (TPSA) is 46.9 Å². The molecule has 1 N–H and O–H groups in total. The minimum Gasteiger partial charge on any atom is -0.504 e. The van der Waals surface area contributed by atoms with E-state index in [4.69, 9.17) is 9.47 Å². The number of hydrogen-bond donors (Lipinski definition) is 1. The number of likely N-dealkylation sites (tertiary alicyclic amines) is 1. The molecule has 3 unspecified atom stereocenters. The van der Waals surface area contributed by atoms with Crippen molar-refractivity contribution in [1.29, 1.82) is 0 Å². The number of para-hydroxylation sites is 1. The molecule has 0 saturated carbocycles. The molecule has 4 aliphatic rings. The standard InChI is InChI=1S/C27H28N2O3/c1-4-12-29-13-11-26-22-16-9-10-20(30)24(22)32-25(26)23-18(15-27(26,31-3)21(29)14-16)17-7-5-6-8-19(17)28(23)2/h4-10,21,25,30H,1,11-15H2,2-3H3/t21?,25?,26?,27-/m1/s1. The van der Waals surface area contributed by atoms with E-state index in [1.54, 1.807) is 6.07 Å². The maximum absolute atomic E-state index is 10.9. The van der Waals surface area contributed by atoms with Crippen molar-refractivity contribution in [3.63, 3.8) is 0 Å². The Morgan fingerprint density at radius 1 is 1.28 bits per heavy atom. The Labute approximate surface area is 187 Å². The highest BCUT2D eigenvalue weighted by Gasteiger charge is 2.73. The van der Waals surface area contributed by atoms with Crippen LogP contribution in [0.5, 0.6) is 11.5 Å². The first kappa shape index (κ1) is 18.8. The Balaban J connectivity index is 1.61. The number of aryl methyl sites for hydroxylation is 1. The van der Waals surface area contributed by atoms with Gasteiger partial charge in [-0.2, -0.15) is 0 Å². The van der Waals surface area contributed by atoms with Gasteiger partial charge in [-0.05, 0) is 36.1 Å². The number of hydrogen-bond acceptors (Lipinski definition) is 4. The zero-order chi connectivity index (χ0) is 21.8. The molecular formula is C27H28N2O3. The lowest BCUT2D eigenvalue weighted by Gasteiger charge is -2.64. The number of nitrogens with zero attached hydrogens (tertiary/aromatic N) is 2. The molecule has 2 bridgehead atoms. The van der Waals surface area contributed by atoms with Crippen LogP contribution in [-0.2, 0) is 30.0 Å². The number of phenols is 1. The van der Waals surface area contributed by atoms with Gasteiger partial charge in [0, 0.05) is 56.2 Å². The second-order valence-corrected chi connectivity index (χ2v) is 9.88. The van der Waals surface area contributed by atoms with E-state index in [0.29, 0.717) is 5.75 Å². The summed E-state index contributed by atoms with van der Waals surface area (Å²) in [6, 6.07) is 12.8. The van der Waals surface area contributed by atoms with Crippen molar-refractivity contribution < 1.29 is 14.6 Å². The van der Waals surface area contributed by atoms with Gasteiger partial charge in [0.25, 0.3) is 0 Å². The molecule has 164 valence electrons. The van der Waals surface area contributed by atoms with Gasteiger partial charge >= 0.3 is 0 Å². The summed E-state index contributed by atoms with van der Waals surface area (Å²) in [4.78, 5) is 2.54. The van der Waals surface area contributed by atoms with E-state index in [1.807, 2.05) is 13.2 Å². The van der Waals surface area contributed by atoms with Gasteiger partial charge < -0.3 is 19.1 Å². The van der Waals surface area contributed by atoms with Gasteiger partial charge in [-0.15, -0.1) is 6.58 Å². The van der Waals surface area contributed by atoms with E-state index in [1.165, 1.54) is 33.3 Å². The summed E-state index contributed by atoms with van der Waals surface area (Å²) < 4.78 is 15.8. The fraction of sp³-hybridized carbons (Fsp3) is 0.407. The molecule has 7 rings (SSSR count). The molecular weight excluding hydrogens is 400 g/mol. The number of phenolic OH excluding ortho intramolecular Hbond substituents is 1. The monoisotopic (exact) mass is 428 g/mol. The SMILES string of the molecule is C=CCN1CCC23c4c5ccc(O)c4OC2c2c(c4ccccc4n2C)C[C@@]3(OC)C1C5. The average Bonchev–Trinajstić information content (AvgIpc) is 3.29. The van der Waals surface area contributed by atoms with E-state index in [-0.39, 0.29) is 23.3 Å². The van der Waals surface area contributed by atoms with Crippen molar-refractivity contribution in [1.82, 2.24) is 9.47 Å². The highest BCUT2D eigenvalue weighted by Crippen LogP contribution is 2.70. The van der Waals surface area contributed by atoms with Crippen molar-refractivity contribution in [2.24, 2.45) is 7.05 Å². The Hall–Kier alpha value is -2.76. The minimum absolute atomic E-state index is 0.181. The number of methoxy groups -OCH3 is 1. The second-order valence-electron chi connectivity index (χ2n) is 9.88. The Morgan fingerprint density at radius 2 is 2.12 bits per heavy atom. The van der Waals surface area contributed by atoms with Crippen LogP contribution < -0.4 is 4.74 Å². The number of benzene rings is 2. The van der Waals surface area contributed by atoms with E-state index < -0.39 is 5.60 Å². The fourth-order valence-corrected chi connectivity index (χ4v) is 7.83. The van der Waals surface area contributed by atoms with Gasteiger partial charge in [0.2, 0.25) is 0 Å². The predicted molar refractivity (Wildman–Crippen MR) is 123 cm³/mol. The van der Waals surface area contributed by atoms with Gasteiger partial charge in [-0.1, -0.05) is 30.3 Å². The second kappa shape index (κ2) is 5.97. The first-order valence-electron chi connectivity index (χ1n) is 11.6. The molecule has 0 radical (unpaired) electrons. The van der Waals surface area contributed by atoms with Crippen LogP contribution in [0.2, 0.25) is 0 Å². The number of fused-ring (bicyclic) bond motifs is 4. The third-order valence-electron chi connectivity index (χ3n) is 8.97.